The van der Waals surface area contributed by atoms with E-state index in [9.17, 15) is 4.79 Å². The molecule has 0 bridgehead atoms. The summed E-state index contributed by atoms with van der Waals surface area (Å²) in [5.41, 5.74) is 8.45. The molecule has 2 aromatic rings. The highest BCUT2D eigenvalue weighted by Crippen LogP contribution is 2.23. The third-order valence-electron chi connectivity index (χ3n) is 3.00. The van der Waals surface area contributed by atoms with Gasteiger partial charge in [0.2, 0.25) is 0 Å². The van der Waals surface area contributed by atoms with Crippen LogP contribution in [0.1, 0.15) is 10.4 Å². The molecule has 0 aliphatic rings. The number of aliphatic hydroxyl groups is 1. The minimum absolute atomic E-state index is 0.0263. The molecule has 0 aliphatic heterocycles. The predicted octanol–water partition coefficient (Wildman–Crippen LogP) is 1.07. The number of ether oxygens (including phenoxy) is 1. The molecule has 116 valence electrons. The number of nitrogens with one attached hydrogen (secondary N) is 1. The molecule has 1 heterocycles. The maximum Gasteiger partial charge on any atom is 0.251 e. The second kappa shape index (κ2) is 8.11. The van der Waals surface area contributed by atoms with E-state index in [0.29, 0.717) is 30.1 Å². The molecule has 0 saturated carbocycles. The lowest BCUT2D eigenvalue weighted by Gasteiger charge is -2.08. The summed E-state index contributed by atoms with van der Waals surface area (Å²) in [4.78, 5) is 16.3. The summed E-state index contributed by atoms with van der Waals surface area (Å²) in [5, 5.41) is 11.3. The topological polar surface area (TPSA) is 97.5 Å². The Kier molecular flexibility index (Phi) is 5.88. The fourth-order valence-electron chi connectivity index (χ4n) is 1.97. The number of nitrogen functional groups attached to an aromatic ring is 1. The smallest absolute Gasteiger partial charge is 0.251 e. The van der Waals surface area contributed by atoms with Gasteiger partial charge in [-0.05, 0) is 24.3 Å². The zero-order chi connectivity index (χ0) is 15.8. The van der Waals surface area contributed by atoms with Crippen molar-refractivity contribution in [1.29, 1.82) is 0 Å². The van der Waals surface area contributed by atoms with Crippen molar-refractivity contribution in [2.24, 2.45) is 0 Å². The Hall–Kier alpha value is -2.44. The SMILES string of the molecule is Nc1cccnc1-c1cccc(C(=O)NCCOCCO)c1. The summed E-state index contributed by atoms with van der Waals surface area (Å²) in [6.07, 6.45) is 1.66. The van der Waals surface area contributed by atoms with Crippen molar-refractivity contribution in [3.8, 4) is 11.3 Å². The number of pyridine rings is 1. The van der Waals surface area contributed by atoms with Crippen LogP contribution in [0.5, 0.6) is 0 Å². The van der Waals surface area contributed by atoms with Gasteiger partial charge in [0.25, 0.3) is 5.91 Å². The fraction of sp³-hybridized carbons (Fsp3) is 0.250. The van der Waals surface area contributed by atoms with E-state index in [4.69, 9.17) is 15.6 Å². The predicted molar refractivity (Wildman–Crippen MR) is 84.3 cm³/mol. The van der Waals surface area contributed by atoms with Crippen LogP contribution in [0.15, 0.2) is 42.6 Å². The van der Waals surface area contributed by atoms with Crippen molar-refractivity contribution in [2.75, 3.05) is 32.1 Å². The number of anilines is 1. The summed E-state index contributed by atoms with van der Waals surface area (Å²) < 4.78 is 5.09. The van der Waals surface area contributed by atoms with E-state index in [1.165, 1.54) is 0 Å². The Labute approximate surface area is 128 Å². The Bertz CT molecular complexity index is 632. The molecule has 0 aliphatic carbocycles. The van der Waals surface area contributed by atoms with Crippen molar-refractivity contribution >= 4 is 11.6 Å². The number of benzene rings is 1. The monoisotopic (exact) mass is 301 g/mol. The number of rotatable bonds is 7. The second-order valence-corrected chi connectivity index (χ2v) is 4.61. The lowest BCUT2D eigenvalue weighted by atomic mass is 10.1. The van der Waals surface area contributed by atoms with Crippen LogP contribution in [0.4, 0.5) is 5.69 Å². The number of nitrogens with zero attached hydrogens (tertiary/aromatic N) is 1. The van der Waals surface area contributed by atoms with Crippen LogP contribution in [-0.2, 0) is 4.74 Å². The molecule has 0 saturated heterocycles. The van der Waals surface area contributed by atoms with E-state index in [1.54, 1.807) is 36.5 Å². The summed E-state index contributed by atoms with van der Waals surface area (Å²) >= 11 is 0. The van der Waals surface area contributed by atoms with Crippen LogP contribution in [-0.4, -0.2) is 42.4 Å². The molecule has 22 heavy (non-hydrogen) atoms. The van der Waals surface area contributed by atoms with Crippen LogP contribution >= 0.6 is 0 Å². The van der Waals surface area contributed by atoms with Crippen LogP contribution in [0.3, 0.4) is 0 Å². The number of aromatic nitrogens is 1. The standard InChI is InChI=1S/C16H19N3O3/c17-14-5-2-6-18-15(14)12-3-1-4-13(11-12)16(21)19-7-9-22-10-8-20/h1-6,11,20H,7-10,17H2,(H,19,21). The number of hydrogen-bond donors (Lipinski definition) is 3. The van der Waals surface area contributed by atoms with E-state index in [2.05, 4.69) is 10.3 Å². The quantitative estimate of drug-likeness (QED) is 0.665. The Morgan fingerprint density at radius 1 is 1.27 bits per heavy atom. The normalized spacial score (nSPS) is 10.4. The Balaban J connectivity index is 2.02. The van der Waals surface area contributed by atoms with Gasteiger partial charge in [0, 0.05) is 23.9 Å². The largest absolute Gasteiger partial charge is 0.397 e. The lowest BCUT2D eigenvalue weighted by Crippen LogP contribution is -2.27. The molecule has 6 nitrogen and oxygen atoms in total. The molecule has 0 radical (unpaired) electrons. The van der Waals surface area contributed by atoms with Gasteiger partial charge in [-0.15, -0.1) is 0 Å². The van der Waals surface area contributed by atoms with Crippen molar-refractivity contribution in [2.45, 2.75) is 0 Å². The minimum atomic E-state index is -0.191. The number of amides is 1. The summed E-state index contributed by atoms with van der Waals surface area (Å²) in [5.74, 6) is -0.191. The minimum Gasteiger partial charge on any atom is -0.397 e. The number of carbonyl (C=O) groups is 1. The van der Waals surface area contributed by atoms with Gasteiger partial charge in [0.05, 0.1) is 31.2 Å². The third-order valence-corrected chi connectivity index (χ3v) is 3.00. The first kappa shape index (κ1) is 15.9. The van der Waals surface area contributed by atoms with Crippen LogP contribution in [0.25, 0.3) is 11.3 Å². The lowest BCUT2D eigenvalue weighted by molar-refractivity contribution is 0.0838. The molecular weight excluding hydrogens is 282 g/mol. The highest BCUT2D eigenvalue weighted by Gasteiger charge is 2.08. The average molecular weight is 301 g/mol. The van der Waals surface area contributed by atoms with Crippen LogP contribution in [0, 0.1) is 0 Å². The molecule has 1 amide bonds. The highest BCUT2D eigenvalue weighted by molar-refractivity contribution is 5.95. The summed E-state index contributed by atoms with van der Waals surface area (Å²) in [6.45, 7) is 0.986. The fourth-order valence-corrected chi connectivity index (χ4v) is 1.97. The molecule has 1 aromatic carbocycles. The summed E-state index contributed by atoms with van der Waals surface area (Å²) in [6, 6.07) is 10.7. The molecule has 0 fully saturated rings. The van der Waals surface area contributed by atoms with Crippen molar-refractivity contribution in [1.82, 2.24) is 10.3 Å². The Morgan fingerprint density at radius 2 is 2.14 bits per heavy atom. The van der Waals surface area contributed by atoms with Crippen LogP contribution in [0.2, 0.25) is 0 Å². The molecule has 1 aromatic heterocycles. The first-order valence-electron chi connectivity index (χ1n) is 7.00. The first-order valence-corrected chi connectivity index (χ1v) is 7.00. The van der Waals surface area contributed by atoms with Gasteiger partial charge in [-0.3, -0.25) is 9.78 Å². The molecule has 0 spiro atoms. The van der Waals surface area contributed by atoms with Gasteiger partial charge in [-0.2, -0.15) is 0 Å². The van der Waals surface area contributed by atoms with Gasteiger partial charge >= 0.3 is 0 Å². The van der Waals surface area contributed by atoms with Crippen LogP contribution < -0.4 is 11.1 Å². The molecule has 4 N–H and O–H groups in total. The van der Waals surface area contributed by atoms with E-state index < -0.39 is 0 Å². The number of nitrogens with two attached hydrogens (primary N) is 1. The third kappa shape index (κ3) is 4.28. The zero-order valence-electron chi connectivity index (χ0n) is 12.2. The molecule has 6 heteroatoms. The number of hydrogen-bond acceptors (Lipinski definition) is 5. The zero-order valence-corrected chi connectivity index (χ0v) is 12.2. The number of aliphatic hydroxyl groups excluding tert-OH is 1. The molecular formula is C16H19N3O3. The second-order valence-electron chi connectivity index (χ2n) is 4.61. The van der Waals surface area contributed by atoms with Crippen molar-refractivity contribution in [3.63, 3.8) is 0 Å². The molecule has 2 rings (SSSR count). The van der Waals surface area contributed by atoms with E-state index in [-0.39, 0.29) is 19.1 Å². The van der Waals surface area contributed by atoms with Crippen molar-refractivity contribution < 1.29 is 14.6 Å². The van der Waals surface area contributed by atoms with Gasteiger partial charge < -0.3 is 20.9 Å². The summed E-state index contributed by atoms with van der Waals surface area (Å²) in [7, 11) is 0. The van der Waals surface area contributed by atoms with Gasteiger partial charge in [-0.25, -0.2) is 0 Å². The van der Waals surface area contributed by atoms with Gasteiger partial charge in [0.1, 0.15) is 0 Å². The van der Waals surface area contributed by atoms with E-state index in [1.807, 2.05) is 6.07 Å². The molecule has 0 atom stereocenters. The van der Waals surface area contributed by atoms with E-state index >= 15 is 0 Å². The highest BCUT2D eigenvalue weighted by atomic mass is 16.5. The number of carbonyl (C=O) groups excluding carboxylic acids is 1. The van der Waals surface area contributed by atoms with Crippen molar-refractivity contribution in [3.05, 3.63) is 48.2 Å². The molecule has 0 unspecified atom stereocenters. The van der Waals surface area contributed by atoms with Gasteiger partial charge in [-0.1, -0.05) is 12.1 Å². The van der Waals surface area contributed by atoms with E-state index in [0.717, 1.165) is 5.56 Å². The maximum absolute atomic E-state index is 12.1. The average Bonchev–Trinajstić information content (AvgIpc) is 2.55. The first-order chi connectivity index (χ1) is 10.7. The van der Waals surface area contributed by atoms with Gasteiger partial charge in [0.15, 0.2) is 0 Å². The maximum atomic E-state index is 12.1. The Morgan fingerprint density at radius 3 is 2.91 bits per heavy atom.